The van der Waals surface area contributed by atoms with E-state index in [4.69, 9.17) is 9.47 Å². The number of thioether (sulfide) groups is 1. The zero-order valence-electron chi connectivity index (χ0n) is 18.1. The average Bonchev–Trinajstić information content (AvgIpc) is 3.28. The molecule has 168 valence electrons. The molecule has 8 nitrogen and oxygen atoms in total. The Morgan fingerprint density at radius 3 is 2.67 bits per heavy atom. The van der Waals surface area contributed by atoms with E-state index in [2.05, 4.69) is 15.4 Å². The second-order valence-corrected chi connectivity index (χ2v) is 7.89. The summed E-state index contributed by atoms with van der Waals surface area (Å²) in [7, 11) is 1.30. The van der Waals surface area contributed by atoms with Crippen LogP contribution < -0.4 is 10.1 Å². The van der Waals surface area contributed by atoms with Gasteiger partial charge in [0.15, 0.2) is 0 Å². The molecular weight excluding hydrogens is 440 g/mol. The summed E-state index contributed by atoms with van der Waals surface area (Å²) in [6.45, 7) is 2.56. The van der Waals surface area contributed by atoms with Crippen LogP contribution in [0.25, 0.3) is 16.8 Å². The predicted octanol–water partition coefficient (Wildman–Crippen LogP) is 4.31. The first-order valence-electron chi connectivity index (χ1n) is 10.3. The van der Waals surface area contributed by atoms with Crippen LogP contribution in [0.4, 0.5) is 5.69 Å². The quantitative estimate of drug-likeness (QED) is 0.308. The molecule has 0 spiro atoms. The number of amides is 1. The van der Waals surface area contributed by atoms with Crippen molar-refractivity contribution in [3.05, 3.63) is 72.6 Å². The summed E-state index contributed by atoms with van der Waals surface area (Å²) in [6.07, 6.45) is 3.42. The van der Waals surface area contributed by atoms with Crippen molar-refractivity contribution >= 4 is 34.8 Å². The van der Waals surface area contributed by atoms with Crippen molar-refractivity contribution in [1.82, 2.24) is 14.6 Å². The highest BCUT2D eigenvalue weighted by atomic mass is 32.2. The molecule has 1 amide bonds. The van der Waals surface area contributed by atoms with Gasteiger partial charge in [-0.3, -0.25) is 4.79 Å². The number of carbonyl (C=O) groups is 2. The molecule has 0 aliphatic carbocycles. The van der Waals surface area contributed by atoms with Crippen molar-refractivity contribution in [2.45, 2.75) is 11.9 Å². The minimum Gasteiger partial charge on any atom is -0.494 e. The number of methoxy groups -OCH3 is 1. The molecule has 0 unspecified atom stereocenters. The highest BCUT2D eigenvalue weighted by Gasteiger charge is 2.15. The van der Waals surface area contributed by atoms with E-state index in [0.29, 0.717) is 22.9 Å². The van der Waals surface area contributed by atoms with E-state index < -0.39 is 5.97 Å². The fourth-order valence-electron chi connectivity index (χ4n) is 3.24. The van der Waals surface area contributed by atoms with Gasteiger partial charge in [0.25, 0.3) is 0 Å². The molecule has 2 heterocycles. The fraction of sp³-hybridized carbons (Fsp3) is 0.167. The summed E-state index contributed by atoms with van der Waals surface area (Å²) < 4.78 is 12.0. The van der Waals surface area contributed by atoms with Gasteiger partial charge in [0.05, 0.1) is 41.9 Å². The van der Waals surface area contributed by atoms with Gasteiger partial charge in [0.1, 0.15) is 10.8 Å². The monoisotopic (exact) mass is 462 g/mol. The van der Waals surface area contributed by atoms with Gasteiger partial charge in [-0.1, -0.05) is 23.9 Å². The molecule has 0 bridgehead atoms. The van der Waals surface area contributed by atoms with Gasteiger partial charge in [-0.05, 0) is 49.4 Å². The molecule has 4 aromatic rings. The maximum absolute atomic E-state index is 12.6. The Balaban J connectivity index is 1.48. The minimum atomic E-state index is -0.508. The van der Waals surface area contributed by atoms with Gasteiger partial charge >= 0.3 is 5.97 Å². The third-order valence-electron chi connectivity index (χ3n) is 4.76. The molecule has 0 saturated heterocycles. The van der Waals surface area contributed by atoms with E-state index >= 15 is 0 Å². The van der Waals surface area contributed by atoms with E-state index in [9.17, 15) is 9.59 Å². The normalized spacial score (nSPS) is 10.7. The first-order valence-corrected chi connectivity index (χ1v) is 11.2. The second kappa shape index (κ2) is 10.2. The molecule has 0 atom stereocenters. The van der Waals surface area contributed by atoms with E-state index in [-0.39, 0.29) is 11.7 Å². The molecule has 0 radical (unpaired) electrons. The topological polar surface area (TPSA) is 94.8 Å². The molecule has 2 aromatic heterocycles. The van der Waals surface area contributed by atoms with E-state index in [1.54, 1.807) is 41.2 Å². The Morgan fingerprint density at radius 1 is 1.12 bits per heavy atom. The van der Waals surface area contributed by atoms with Gasteiger partial charge in [0, 0.05) is 18.0 Å². The van der Waals surface area contributed by atoms with Crippen LogP contribution in [0.15, 0.2) is 72.0 Å². The Bertz CT molecular complexity index is 1290. The number of para-hydroxylation sites is 1. The number of nitrogens with one attached hydrogen (secondary N) is 1. The van der Waals surface area contributed by atoms with Crippen LogP contribution in [-0.2, 0) is 9.53 Å². The summed E-state index contributed by atoms with van der Waals surface area (Å²) >= 11 is 1.29. The largest absolute Gasteiger partial charge is 0.494 e. The van der Waals surface area contributed by atoms with Gasteiger partial charge in [-0.2, -0.15) is 5.10 Å². The molecule has 9 heteroatoms. The number of ether oxygens (including phenoxy) is 2. The number of aromatic nitrogens is 3. The molecule has 4 rings (SSSR count). The Kier molecular flexibility index (Phi) is 6.89. The average molecular weight is 463 g/mol. The lowest BCUT2D eigenvalue weighted by Crippen LogP contribution is -2.17. The van der Waals surface area contributed by atoms with Crippen LogP contribution in [0.5, 0.6) is 5.75 Å². The lowest BCUT2D eigenvalue weighted by molar-refractivity contribution is -0.113. The molecule has 0 saturated carbocycles. The van der Waals surface area contributed by atoms with E-state index in [0.717, 1.165) is 22.5 Å². The summed E-state index contributed by atoms with van der Waals surface area (Å²) in [4.78, 5) is 28.9. The molecule has 2 aromatic carbocycles. The molecule has 33 heavy (non-hydrogen) atoms. The van der Waals surface area contributed by atoms with Crippen LogP contribution in [0.1, 0.15) is 17.3 Å². The van der Waals surface area contributed by atoms with Crippen LogP contribution >= 0.6 is 11.8 Å². The zero-order valence-corrected chi connectivity index (χ0v) is 19.0. The molecule has 0 aliphatic rings. The number of benzene rings is 2. The summed E-state index contributed by atoms with van der Waals surface area (Å²) in [5.74, 6) is 0.159. The lowest BCUT2D eigenvalue weighted by Gasteiger charge is -2.09. The molecule has 0 fully saturated rings. The van der Waals surface area contributed by atoms with Crippen LogP contribution in [0.2, 0.25) is 0 Å². The van der Waals surface area contributed by atoms with Gasteiger partial charge in [0.2, 0.25) is 5.91 Å². The van der Waals surface area contributed by atoms with Crippen molar-refractivity contribution < 1.29 is 19.1 Å². The molecule has 0 aliphatic heterocycles. The van der Waals surface area contributed by atoms with E-state index in [1.165, 1.54) is 18.9 Å². The predicted molar refractivity (Wildman–Crippen MR) is 127 cm³/mol. The Morgan fingerprint density at radius 2 is 1.91 bits per heavy atom. The number of anilines is 1. The molecule has 1 N–H and O–H groups in total. The summed E-state index contributed by atoms with van der Waals surface area (Å²) in [5.41, 5.74) is 3.26. The summed E-state index contributed by atoms with van der Waals surface area (Å²) in [5, 5.41) is 8.07. The van der Waals surface area contributed by atoms with Crippen LogP contribution in [0.3, 0.4) is 0 Å². The standard InChI is InChI=1S/C24H22N4O4S/c1-3-32-17-10-8-16(9-11-17)20-14-21-23(25-12-13-28(21)27-20)33-15-22(29)26-19-7-5-4-6-18(19)24(30)31-2/h4-14H,3,15H2,1-2H3,(H,26,29). The lowest BCUT2D eigenvalue weighted by atomic mass is 10.1. The van der Waals surface area contributed by atoms with Gasteiger partial charge in [-0.15, -0.1) is 0 Å². The number of nitrogens with zero attached hydrogens (tertiary/aromatic N) is 3. The Hall–Kier alpha value is -3.85. The third-order valence-corrected chi connectivity index (χ3v) is 5.76. The number of rotatable bonds is 8. The number of carbonyl (C=O) groups excluding carboxylic acids is 2. The van der Waals surface area contributed by atoms with E-state index in [1.807, 2.05) is 37.3 Å². The van der Waals surface area contributed by atoms with Gasteiger partial charge in [-0.25, -0.2) is 14.3 Å². The highest BCUT2D eigenvalue weighted by Crippen LogP contribution is 2.27. The molecular formula is C24H22N4O4S. The smallest absolute Gasteiger partial charge is 0.339 e. The van der Waals surface area contributed by atoms with Crippen molar-refractivity contribution in [3.8, 4) is 17.0 Å². The second-order valence-electron chi connectivity index (χ2n) is 6.92. The number of fused-ring (bicyclic) bond motifs is 1. The van der Waals surface area contributed by atoms with Crippen LogP contribution in [-0.4, -0.2) is 45.9 Å². The first-order chi connectivity index (χ1) is 16.1. The number of hydrogen-bond donors (Lipinski definition) is 1. The zero-order chi connectivity index (χ0) is 23.2. The van der Waals surface area contributed by atoms with Crippen molar-refractivity contribution in [3.63, 3.8) is 0 Å². The van der Waals surface area contributed by atoms with Crippen molar-refractivity contribution in [2.75, 3.05) is 24.8 Å². The maximum Gasteiger partial charge on any atom is 0.339 e. The fourth-order valence-corrected chi connectivity index (χ4v) is 4.01. The number of esters is 1. The minimum absolute atomic E-state index is 0.117. The summed E-state index contributed by atoms with van der Waals surface area (Å²) in [6, 6.07) is 16.4. The third kappa shape index (κ3) is 5.15. The number of hydrogen-bond acceptors (Lipinski definition) is 7. The van der Waals surface area contributed by atoms with Gasteiger partial charge < -0.3 is 14.8 Å². The van der Waals surface area contributed by atoms with Crippen LogP contribution in [0, 0.1) is 0 Å². The first kappa shape index (κ1) is 22.3. The Labute approximate surface area is 194 Å². The highest BCUT2D eigenvalue weighted by molar-refractivity contribution is 8.00. The SMILES string of the molecule is CCOc1ccc(-c2cc3c(SCC(=O)Nc4ccccc4C(=O)OC)nccn3n2)cc1. The van der Waals surface area contributed by atoms with Crippen molar-refractivity contribution in [2.24, 2.45) is 0 Å². The van der Waals surface area contributed by atoms with Crippen molar-refractivity contribution in [1.29, 1.82) is 0 Å². The maximum atomic E-state index is 12.6.